The van der Waals surface area contributed by atoms with Crippen LogP contribution in [0.3, 0.4) is 0 Å². The summed E-state index contributed by atoms with van der Waals surface area (Å²) in [6.45, 7) is 11.0. The third-order valence-corrected chi connectivity index (χ3v) is 3.70. The summed E-state index contributed by atoms with van der Waals surface area (Å²) in [4.78, 5) is 24.5. The maximum atomic E-state index is 13.1. The van der Waals surface area contributed by atoms with E-state index in [2.05, 4.69) is 16.0 Å². The number of ether oxygens (including phenoxy) is 2. The van der Waals surface area contributed by atoms with Crippen molar-refractivity contribution in [3.63, 3.8) is 0 Å². The molecule has 0 aromatic heterocycles. The van der Waals surface area contributed by atoms with Gasteiger partial charge in [-0.15, -0.1) is 0 Å². The minimum Gasteiger partial charge on any atom is -0.444 e. The van der Waals surface area contributed by atoms with E-state index in [1.54, 1.807) is 71.9 Å². The molecule has 0 radical (unpaired) electrons. The quantitative estimate of drug-likeness (QED) is 0.530. The lowest BCUT2D eigenvalue weighted by atomic mass is 10.2. The van der Waals surface area contributed by atoms with E-state index < -0.39 is 23.4 Å². The molecule has 0 bridgehead atoms. The molecule has 0 aliphatic rings. The van der Waals surface area contributed by atoms with Crippen molar-refractivity contribution >= 4 is 29.2 Å². The van der Waals surface area contributed by atoms with Crippen LogP contribution in [0, 0.1) is 5.82 Å². The van der Waals surface area contributed by atoms with Crippen molar-refractivity contribution in [3.05, 3.63) is 53.8 Å². The zero-order valence-corrected chi connectivity index (χ0v) is 18.8. The summed E-state index contributed by atoms with van der Waals surface area (Å²) >= 11 is 0. The number of nitrogens with one attached hydrogen (secondary N) is 3. The van der Waals surface area contributed by atoms with Gasteiger partial charge in [-0.2, -0.15) is 0 Å². The molecule has 2 aromatic rings. The molecule has 2 amide bonds. The maximum Gasteiger partial charge on any atom is 0.412 e. The van der Waals surface area contributed by atoms with E-state index in [1.807, 2.05) is 0 Å². The summed E-state index contributed by atoms with van der Waals surface area (Å²) in [6.07, 6.45) is -1.30. The smallest absolute Gasteiger partial charge is 0.412 e. The van der Waals surface area contributed by atoms with Crippen LogP contribution in [-0.2, 0) is 16.0 Å². The molecule has 0 heterocycles. The van der Waals surface area contributed by atoms with Crippen LogP contribution in [-0.4, -0.2) is 23.4 Å². The number of benzene rings is 2. The topological polar surface area (TPSA) is 88.7 Å². The fourth-order valence-corrected chi connectivity index (χ4v) is 2.50. The SMILES string of the molecule is CC(C)(C)OC(=O)Nc1ccc(NCc2ccc(F)cc2)cc1NC(=O)OC(C)(C)C. The van der Waals surface area contributed by atoms with Crippen LogP contribution in [0.15, 0.2) is 42.5 Å². The Morgan fingerprint density at radius 1 is 0.806 bits per heavy atom. The van der Waals surface area contributed by atoms with E-state index in [0.717, 1.165) is 5.56 Å². The molecule has 8 heteroatoms. The molecule has 2 rings (SSSR count). The van der Waals surface area contributed by atoms with E-state index in [0.29, 0.717) is 23.6 Å². The zero-order chi connectivity index (χ0) is 23.2. The molecule has 168 valence electrons. The van der Waals surface area contributed by atoms with E-state index in [1.165, 1.54) is 12.1 Å². The van der Waals surface area contributed by atoms with Crippen molar-refractivity contribution in [3.8, 4) is 0 Å². The maximum absolute atomic E-state index is 13.1. The molecule has 0 atom stereocenters. The lowest BCUT2D eigenvalue weighted by molar-refractivity contribution is 0.0621. The largest absolute Gasteiger partial charge is 0.444 e. The van der Waals surface area contributed by atoms with Crippen molar-refractivity contribution in [2.75, 3.05) is 16.0 Å². The van der Waals surface area contributed by atoms with Crippen molar-refractivity contribution in [1.82, 2.24) is 0 Å². The Balaban J connectivity index is 2.19. The summed E-state index contributed by atoms with van der Waals surface area (Å²) in [5.41, 5.74) is 0.918. The zero-order valence-electron chi connectivity index (χ0n) is 18.8. The third kappa shape index (κ3) is 8.94. The van der Waals surface area contributed by atoms with Gasteiger partial charge < -0.3 is 14.8 Å². The molecule has 3 N–H and O–H groups in total. The van der Waals surface area contributed by atoms with Crippen molar-refractivity contribution in [2.24, 2.45) is 0 Å². The van der Waals surface area contributed by atoms with Crippen molar-refractivity contribution in [2.45, 2.75) is 59.3 Å². The van der Waals surface area contributed by atoms with Crippen molar-refractivity contribution in [1.29, 1.82) is 0 Å². The number of halogens is 1. The number of hydrogen-bond acceptors (Lipinski definition) is 5. The second-order valence-corrected chi connectivity index (χ2v) is 8.99. The normalized spacial score (nSPS) is 11.5. The standard InChI is InChI=1S/C23H30FN3O4/c1-22(2,3)30-20(28)26-18-12-11-17(25-14-15-7-9-16(24)10-8-15)13-19(18)27-21(29)31-23(4,5)6/h7-13,25H,14H2,1-6H3,(H,26,28)(H,27,29). The summed E-state index contributed by atoms with van der Waals surface area (Å²) in [5.74, 6) is -0.301. The van der Waals surface area contributed by atoms with Gasteiger partial charge >= 0.3 is 12.2 Å². The predicted molar refractivity (Wildman–Crippen MR) is 120 cm³/mol. The first-order valence-corrected chi connectivity index (χ1v) is 9.93. The first-order valence-electron chi connectivity index (χ1n) is 9.93. The van der Waals surface area contributed by atoms with Gasteiger partial charge in [0.1, 0.15) is 17.0 Å². The molecule has 0 unspecified atom stereocenters. The van der Waals surface area contributed by atoms with Crippen molar-refractivity contribution < 1.29 is 23.5 Å². The number of amides is 2. The fourth-order valence-electron chi connectivity index (χ4n) is 2.50. The van der Waals surface area contributed by atoms with Gasteiger partial charge in [-0.1, -0.05) is 12.1 Å². The molecule has 0 spiro atoms. The van der Waals surface area contributed by atoms with Crippen LogP contribution < -0.4 is 16.0 Å². The fraction of sp³-hybridized carbons (Fsp3) is 0.391. The van der Waals surface area contributed by atoms with E-state index in [-0.39, 0.29) is 5.82 Å². The van der Waals surface area contributed by atoms with Crippen LogP contribution >= 0.6 is 0 Å². The van der Waals surface area contributed by atoms with Gasteiger partial charge in [-0.25, -0.2) is 14.0 Å². The Kier molecular flexibility index (Phi) is 7.49. The van der Waals surface area contributed by atoms with Gasteiger partial charge in [0.2, 0.25) is 0 Å². The Hall–Kier alpha value is -3.29. The number of rotatable bonds is 5. The minimum absolute atomic E-state index is 0.301. The van der Waals surface area contributed by atoms with E-state index >= 15 is 0 Å². The van der Waals surface area contributed by atoms with Gasteiger partial charge in [0.15, 0.2) is 0 Å². The predicted octanol–water partition coefficient (Wildman–Crippen LogP) is 6.13. The first-order chi connectivity index (χ1) is 14.3. The second-order valence-electron chi connectivity index (χ2n) is 8.99. The number of hydrogen-bond donors (Lipinski definition) is 3. The molecule has 0 aliphatic heterocycles. The molecular formula is C23H30FN3O4. The Bertz CT molecular complexity index is 916. The van der Waals surface area contributed by atoms with E-state index in [4.69, 9.17) is 9.47 Å². The lowest BCUT2D eigenvalue weighted by Crippen LogP contribution is -2.29. The van der Waals surface area contributed by atoms with Gasteiger partial charge in [0.05, 0.1) is 11.4 Å². The van der Waals surface area contributed by atoms with Crippen LogP contribution in [0.25, 0.3) is 0 Å². The summed E-state index contributed by atoms with van der Waals surface area (Å²) in [5, 5.41) is 8.50. The summed E-state index contributed by atoms with van der Waals surface area (Å²) in [7, 11) is 0. The highest BCUT2D eigenvalue weighted by Crippen LogP contribution is 2.28. The third-order valence-electron chi connectivity index (χ3n) is 3.70. The number of carbonyl (C=O) groups is 2. The molecule has 0 fully saturated rings. The monoisotopic (exact) mass is 431 g/mol. The molecule has 2 aromatic carbocycles. The molecular weight excluding hydrogens is 401 g/mol. The molecule has 0 saturated carbocycles. The number of anilines is 3. The minimum atomic E-state index is -0.679. The van der Waals surface area contributed by atoms with Gasteiger partial charge in [0, 0.05) is 12.2 Å². The molecule has 7 nitrogen and oxygen atoms in total. The lowest BCUT2D eigenvalue weighted by Gasteiger charge is -2.22. The van der Waals surface area contributed by atoms with Gasteiger partial charge in [0.25, 0.3) is 0 Å². The molecule has 31 heavy (non-hydrogen) atoms. The Morgan fingerprint density at radius 2 is 1.32 bits per heavy atom. The van der Waals surface area contributed by atoms with Gasteiger partial charge in [-0.3, -0.25) is 10.6 Å². The first kappa shape index (κ1) is 24.0. The average Bonchev–Trinajstić information content (AvgIpc) is 2.60. The molecule has 0 saturated heterocycles. The highest BCUT2D eigenvalue weighted by atomic mass is 19.1. The highest BCUT2D eigenvalue weighted by Gasteiger charge is 2.20. The van der Waals surface area contributed by atoms with Crippen LogP contribution in [0.1, 0.15) is 47.1 Å². The highest BCUT2D eigenvalue weighted by molar-refractivity contribution is 5.96. The van der Waals surface area contributed by atoms with Crippen LogP contribution in [0.4, 0.5) is 31.0 Å². The Morgan fingerprint density at radius 3 is 1.84 bits per heavy atom. The number of carbonyl (C=O) groups excluding carboxylic acids is 2. The average molecular weight is 432 g/mol. The Labute approximate surface area is 182 Å². The summed E-state index contributed by atoms with van der Waals surface area (Å²) < 4.78 is 23.7. The van der Waals surface area contributed by atoms with Crippen LogP contribution in [0.5, 0.6) is 0 Å². The van der Waals surface area contributed by atoms with Gasteiger partial charge in [-0.05, 0) is 77.4 Å². The molecule has 0 aliphatic carbocycles. The summed E-state index contributed by atoms with van der Waals surface area (Å²) in [6, 6.07) is 11.2. The second kappa shape index (κ2) is 9.68. The van der Waals surface area contributed by atoms with E-state index in [9.17, 15) is 14.0 Å². The van der Waals surface area contributed by atoms with Crippen LogP contribution in [0.2, 0.25) is 0 Å².